The fourth-order valence-corrected chi connectivity index (χ4v) is 4.04. The second-order valence-corrected chi connectivity index (χ2v) is 6.35. The van der Waals surface area contributed by atoms with Crippen molar-refractivity contribution in [2.45, 2.75) is 56.9 Å². The molecule has 0 unspecified atom stereocenters. The molecule has 3 aliphatic carbocycles. The number of fused-ring (bicyclic) bond motifs is 1. The predicted octanol–water partition coefficient (Wildman–Crippen LogP) is 2.86. The SMILES string of the molecule is O=C(N[C@@H]1CC[C@H]2CCC[C@H]21)c1ncoc1C1CC1. The summed E-state index contributed by atoms with van der Waals surface area (Å²) < 4.78 is 5.39. The van der Waals surface area contributed by atoms with Gasteiger partial charge in [0.1, 0.15) is 5.76 Å². The molecule has 4 rings (SSSR count). The van der Waals surface area contributed by atoms with Crippen LogP contribution in [0.15, 0.2) is 10.8 Å². The summed E-state index contributed by atoms with van der Waals surface area (Å²) in [6.07, 6.45) is 10.1. The van der Waals surface area contributed by atoms with Crippen molar-refractivity contribution in [2.24, 2.45) is 11.8 Å². The molecule has 3 fully saturated rings. The molecule has 19 heavy (non-hydrogen) atoms. The maximum atomic E-state index is 12.4. The molecule has 1 aromatic rings. The van der Waals surface area contributed by atoms with Crippen LogP contribution in [0.2, 0.25) is 0 Å². The lowest BCUT2D eigenvalue weighted by atomic mass is 9.97. The minimum atomic E-state index is -0.0202. The van der Waals surface area contributed by atoms with Crippen LogP contribution in [0.25, 0.3) is 0 Å². The van der Waals surface area contributed by atoms with Crippen molar-refractivity contribution in [3.8, 4) is 0 Å². The van der Waals surface area contributed by atoms with Gasteiger partial charge in [-0.25, -0.2) is 4.98 Å². The fourth-order valence-electron chi connectivity index (χ4n) is 4.04. The van der Waals surface area contributed by atoms with E-state index in [-0.39, 0.29) is 5.91 Å². The molecule has 0 bridgehead atoms. The molecule has 3 aliphatic rings. The first-order valence-corrected chi connectivity index (χ1v) is 7.57. The van der Waals surface area contributed by atoms with Gasteiger partial charge in [0.05, 0.1) is 0 Å². The Morgan fingerprint density at radius 2 is 2.11 bits per heavy atom. The van der Waals surface area contributed by atoms with Gasteiger partial charge < -0.3 is 9.73 Å². The number of oxazole rings is 1. The minimum absolute atomic E-state index is 0.0202. The molecule has 0 spiro atoms. The van der Waals surface area contributed by atoms with Gasteiger partial charge in [-0.1, -0.05) is 12.8 Å². The van der Waals surface area contributed by atoms with Crippen LogP contribution in [0.1, 0.15) is 67.1 Å². The Morgan fingerprint density at radius 1 is 1.21 bits per heavy atom. The summed E-state index contributed by atoms with van der Waals surface area (Å²) >= 11 is 0. The van der Waals surface area contributed by atoms with Gasteiger partial charge in [0, 0.05) is 12.0 Å². The van der Waals surface area contributed by atoms with Gasteiger partial charge in [-0.3, -0.25) is 4.79 Å². The van der Waals surface area contributed by atoms with Crippen LogP contribution in [0.3, 0.4) is 0 Å². The highest BCUT2D eigenvalue weighted by atomic mass is 16.3. The highest BCUT2D eigenvalue weighted by Crippen LogP contribution is 2.44. The van der Waals surface area contributed by atoms with E-state index < -0.39 is 0 Å². The molecule has 3 saturated carbocycles. The summed E-state index contributed by atoms with van der Waals surface area (Å²) in [6, 6.07) is 0.365. The number of rotatable bonds is 3. The van der Waals surface area contributed by atoms with E-state index in [2.05, 4.69) is 10.3 Å². The number of carbonyl (C=O) groups excluding carboxylic acids is 1. The molecule has 0 aromatic carbocycles. The Morgan fingerprint density at radius 3 is 2.95 bits per heavy atom. The van der Waals surface area contributed by atoms with Gasteiger partial charge in [-0.05, 0) is 43.9 Å². The number of aromatic nitrogens is 1. The zero-order chi connectivity index (χ0) is 12.8. The van der Waals surface area contributed by atoms with Crippen molar-refractivity contribution >= 4 is 5.91 Å². The lowest BCUT2D eigenvalue weighted by Gasteiger charge is -2.19. The second-order valence-electron chi connectivity index (χ2n) is 6.35. The van der Waals surface area contributed by atoms with Gasteiger partial charge in [0.25, 0.3) is 5.91 Å². The molecule has 0 radical (unpaired) electrons. The Balaban J connectivity index is 1.47. The third-order valence-corrected chi connectivity index (χ3v) is 5.16. The molecule has 1 amide bonds. The highest BCUT2D eigenvalue weighted by Gasteiger charge is 2.40. The van der Waals surface area contributed by atoms with Crippen molar-refractivity contribution in [3.05, 3.63) is 17.8 Å². The average molecular weight is 260 g/mol. The van der Waals surface area contributed by atoms with Gasteiger partial charge in [-0.2, -0.15) is 0 Å². The number of nitrogens with zero attached hydrogens (tertiary/aromatic N) is 1. The van der Waals surface area contributed by atoms with Crippen molar-refractivity contribution in [3.63, 3.8) is 0 Å². The summed E-state index contributed by atoms with van der Waals surface area (Å²) in [6.45, 7) is 0. The first kappa shape index (κ1) is 11.5. The predicted molar refractivity (Wildman–Crippen MR) is 69.8 cm³/mol. The Hall–Kier alpha value is -1.32. The molecule has 3 atom stereocenters. The number of hydrogen-bond donors (Lipinski definition) is 1. The van der Waals surface area contributed by atoms with Gasteiger partial charge in [0.2, 0.25) is 0 Å². The molecule has 0 saturated heterocycles. The molecular weight excluding hydrogens is 240 g/mol. The zero-order valence-electron chi connectivity index (χ0n) is 11.1. The topological polar surface area (TPSA) is 55.1 Å². The van der Waals surface area contributed by atoms with Crippen LogP contribution in [-0.4, -0.2) is 16.9 Å². The smallest absolute Gasteiger partial charge is 0.273 e. The third-order valence-electron chi connectivity index (χ3n) is 5.16. The minimum Gasteiger partial charge on any atom is -0.447 e. The second kappa shape index (κ2) is 4.36. The van der Waals surface area contributed by atoms with E-state index in [1.807, 2.05) is 0 Å². The summed E-state index contributed by atoms with van der Waals surface area (Å²) in [7, 11) is 0. The number of nitrogens with one attached hydrogen (secondary N) is 1. The molecule has 1 heterocycles. The Labute approximate surface area is 113 Å². The molecule has 4 nitrogen and oxygen atoms in total. The molecule has 1 N–H and O–H groups in total. The highest BCUT2D eigenvalue weighted by molar-refractivity contribution is 5.93. The summed E-state index contributed by atoms with van der Waals surface area (Å²) in [5, 5.41) is 3.21. The first-order chi connectivity index (χ1) is 9.33. The molecule has 102 valence electrons. The summed E-state index contributed by atoms with van der Waals surface area (Å²) in [5.41, 5.74) is 0.531. The van der Waals surface area contributed by atoms with Crippen molar-refractivity contribution in [1.29, 1.82) is 0 Å². The Kier molecular flexibility index (Phi) is 2.64. The van der Waals surface area contributed by atoms with E-state index in [0.717, 1.165) is 30.9 Å². The van der Waals surface area contributed by atoms with Crippen molar-refractivity contribution in [2.75, 3.05) is 0 Å². The summed E-state index contributed by atoms with van der Waals surface area (Å²) in [4.78, 5) is 16.5. The van der Waals surface area contributed by atoms with E-state index in [4.69, 9.17) is 4.42 Å². The van der Waals surface area contributed by atoms with E-state index in [0.29, 0.717) is 23.6 Å². The average Bonchev–Trinajstić information content (AvgIpc) is 2.86. The van der Waals surface area contributed by atoms with E-state index in [1.54, 1.807) is 0 Å². The third kappa shape index (κ3) is 1.97. The quantitative estimate of drug-likeness (QED) is 0.909. The fraction of sp³-hybridized carbons (Fsp3) is 0.733. The molecular formula is C15H20N2O2. The number of hydrogen-bond acceptors (Lipinski definition) is 3. The van der Waals surface area contributed by atoms with Crippen LogP contribution in [-0.2, 0) is 0 Å². The first-order valence-electron chi connectivity index (χ1n) is 7.57. The van der Waals surface area contributed by atoms with Crippen LogP contribution >= 0.6 is 0 Å². The standard InChI is InChI=1S/C15H20N2O2/c18-15(13-14(10-4-5-10)19-8-16-13)17-12-7-6-9-2-1-3-11(9)12/h8-12H,1-7H2,(H,17,18)/t9-,11-,12-/m1/s1. The molecule has 0 aliphatic heterocycles. The van der Waals surface area contributed by atoms with Crippen LogP contribution in [0.4, 0.5) is 0 Å². The normalized spacial score (nSPS) is 33.4. The number of carbonyl (C=O) groups is 1. The summed E-state index contributed by atoms with van der Waals surface area (Å²) in [5.74, 6) is 2.78. The van der Waals surface area contributed by atoms with Gasteiger partial charge in [-0.15, -0.1) is 0 Å². The molecule has 4 heteroatoms. The van der Waals surface area contributed by atoms with Gasteiger partial charge in [0.15, 0.2) is 12.1 Å². The maximum absolute atomic E-state index is 12.4. The van der Waals surface area contributed by atoms with Crippen molar-refractivity contribution < 1.29 is 9.21 Å². The lowest BCUT2D eigenvalue weighted by Crippen LogP contribution is -2.38. The van der Waals surface area contributed by atoms with Crippen molar-refractivity contribution in [1.82, 2.24) is 10.3 Å². The monoisotopic (exact) mass is 260 g/mol. The van der Waals surface area contributed by atoms with Crippen LogP contribution in [0.5, 0.6) is 0 Å². The van der Waals surface area contributed by atoms with E-state index in [1.165, 1.54) is 32.1 Å². The van der Waals surface area contributed by atoms with Crippen LogP contribution < -0.4 is 5.32 Å². The zero-order valence-corrected chi connectivity index (χ0v) is 11.1. The van der Waals surface area contributed by atoms with Crippen LogP contribution in [0, 0.1) is 11.8 Å². The van der Waals surface area contributed by atoms with E-state index >= 15 is 0 Å². The lowest BCUT2D eigenvalue weighted by molar-refractivity contribution is 0.0920. The maximum Gasteiger partial charge on any atom is 0.273 e. The molecule has 1 aromatic heterocycles. The Bertz CT molecular complexity index is 492. The van der Waals surface area contributed by atoms with Gasteiger partial charge >= 0.3 is 0 Å². The number of amides is 1. The van der Waals surface area contributed by atoms with E-state index in [9.17, 15) is 4.79 Å². The largest absolute Gasteiger partial charge is 0.447 e.